The van der Waals surface area contributed by atoms with Gasteiger partial charge in [0, 0.05) is 24.5 Å². The van der Waals surface area contributed by atoms with E-state index in [1.165, 1.54) is 6.20 Å². The van der Waals surface area contributed by atoms with Crippen molar-refractivity contribution in [3.63, 3.8) is 0 Å². The fourth-order valence-corrected chi connectivity index (χ4v) is 3.97. The van der Waals surface area contributed by atoms with Crippen LogP contribution in [0.25, 0.3) is 0 Å². The average Bonchev–Trinajstić information content (AvgIpc) is 3.10. The van der Waals surface area contributed by atoms with E-state index >= 15 is 0 Å². The standard InChI is InChI=1S/C14H21N3O2S2/c1-3-5-15-8-13-7-14(9-16-13)21(18,19)17-11(2)12-4-6-20-10-12/h4,6-7,9-11,15-17H,3,5,8H2,1-2H3. The van der Waals surface area contributed by atoms with E-state index < -0.39 is 10.0 Å². The Kier molecular flexibility index (Phi) is 5.58. The molecule has 5 nitrogen and oxygen atoms in total. The lowest BCUT2D eigenvalue weighted by Gasteiger charge is -2.11. The number of sulfonamides is 1. The minimum absolute atomic E-state index is 0.238. The van der Waals surface area contributed by atoms with Gasteiger partial charge in [0.25, 0.3) is 0 Å². The molecule has 1 unspecified atom stereocenters. The molecule has 0 fully saturated rings. The van der Waals surface area contributed by atoms with Gasteiger partial charge in [0.15, 0.2) is 0 Å². The first-order valence-electron chi connectivity index (χ1n) is 6.95. The van der Waals surface area contributed by atoms with Crippen molar-refractivity contribution in [2.24, 2.45) is 0 Å². The lowest BCUT2D eigenvalue weighted by atomic mass is 10.2. The monoisotopic (exact) mass is 327 g/mol. The number of H-pyrrole nitrogens is 1. The van der Waals surface area contributed by atoms with E-state index in [-0.39, 0.29) is 10.9 Å². The highest BCUT2D eigenvalue weighted by Gasteiger charge is 2.19. The van der Waals surface area contributed by atoms with E-state index in [2.05, 4.69) is 21.9 Å². The smallest absolute Gasteiger partial charge is 0.242 e. The lowest BCUT2D eigenvalue weighted by molar-refractivity contribution is 0.567. The molecule has 0 aliphatic carbocycles. The first kappa shape index (κ1) is 16.2. The molecule has 116 valence electrons. The molecule has 2 aromatic heterocycles. The minimum atomic E-state index is -3.50. The van der Waals surface area contributed by atoms with Crippen LogP contribution < -0.4 is 10.0 Å². The Hall–Kier alpha value is -1.15. The summed E-state index contributed by atoms with van der Waals surface area (Å²) in [6.45, 7) is 5.49. The van der Waals surface area contributed by atoms with Crippen molar-refractivity contribution in [1.29, 1.82) is 0 Å². The van der Waals surface area contributed by atoms with E-state index in [1.54, 1.807) is 17.4 Å². The number of aromatic amines is 1. The van der Waals surface area contributed by atoms with Crippen LogP contribution in [0, 0.1) is 0 Å². The van der Waals surface area contributed by atoms with Gasteiger partial charge in [-0.15, -0.1) is 0 Å². The molecule has 2 rings (SSSR count). The highest BCUT2D eigenvalue weighted by Crippen LogP contribution is 2.19. The normalized spacial score (nSPS) is 13.4. The Morgan fingerprint density at radius 3 is 2.90 bits per heavy atom. The fourth-order valence-electron chi connectivity index (χ4n) is 1.97. The zero-order valence-electron chi connectivity index (χ0n) is 12.2. The summed E-state index contributed by atoms with van der Waals surface area (Å²) in [6, 6.07) is 3.36. The zero-order chi connectivity index (χ0) is 15.3. The predicted molar refractivity (Wildman–Crippen MR) is 85.8 cm³/mol. The Balaban J connectivity index is 2.02. The Bertz CT molecular complexity index is 648. The summed E-state index contributed by atoms with van der Waals surface area (Å²) in [5.41, 5.74) is 1.84. The summed E-state index contributed by atoms with van der Waals surface area (Å²) in [4.78, 5) is 3.27. The summed E-state index contributed by atoms with van der Waals surface area (Å²) >= 11 is 1.56. The molecule has 7 heteroatoms. The van der Waals surface area contributed by atoms with Crippen molar-refractivity contribution in [2.75, 3.05) is 6.54 Å². The van der Waals surface area contributed by atoms with Crippen molar-refractivity contribution in [1.82, 2.24) is 15.0 Å². The molecule has 21 heavy (non-hydrogen) atoms. The third-order valence-corrected chi connectivity index (χ3v) is 5.37. The fraction of sp³-hybridized carbons (Fsp3) is 0.429. The molecule has 2 aromatic rings. The Labute approximate surface area is 129 Å². The van der Waals surface area contributed by atoms with E-state index in [0.717, 1.165) is 24.2 Å². The summed E-state index contributed by atoms with van der Waals surface area (Å²) in [6.07, 6.45) is 2.58. The summed E-state index contributed by atoms with van der Waals surface area (Å²) in [5.74, 6) is 0. The van der Waals surface area contributed by atoms with Gasteiger partial charge in [-0.1, -0.05) is 6.92 Å². The molecule has 0 spiro atoms. The van der Waals surface area contributed by atoms with Gasteiger partial charge >= 0.3 is 0 Å². The molecule has 0 saturated carbocycles. The van der Waals surface area contributed by atoms with Crippen LogP contribution in [0.2, 0.25) is 0 Å². The molecule has 0 saturated heterocycles. The summed E-state index contributed by atoms with van der Waals surface area (Å²) in [7, 11) is -3.50. The van der Waals surface area contributed by atoms with Gasteiger partial charge in [0.2, 0.25) is 10.0 Å². The van der Waals surface area contributed by atoms with E-state index in [4.69, 9.17) is 0 Å². The van der Waals surface area contributed by atoms with Gasteiger partial charge in [-0.3, -0.25) is 0 Å². The van der Waals surface area contributed by atoms with Crippen LogP contribution >= 0.6 is 11.3 Å². The number of aromatic nitrogens is 1. The van der Waals surface area contributed by atoms with Crippen LogP contribution in [0.5, 0.6) is 0 Å². The van der Waals surface area contributed by atoms with Crippen molar-refractivity contribution in [2.45, 2.75) is 37.8 Å². The molecule has 0 radical (unpaired) electrons. The van der Waals surface area contributed by atoms with Gasteiger partial charge in [-0.25, -0.2) is 13.1 Å². The average molecular weight is 327 g/mol. The first-order valence-corrected chi connectivity index (χ1v) is 9.38. The molecule has 3 N–H and O–H groups in total. The highest BCUT2D eigenvalue weighted by atomic mass is 32.2. The zero-order valence-corrected chi connectivity index (χ0v) is 13.9. The molecule has 0 amide bonds. The van der Waals surface area contributed by atoms with Gasteiger partial charge in [0.05, 0.1) is 4.90 Å². The van der Waals surface area contributed by atoms with Crippen LogP contribution in [0.4, 0.5) is 0 Å². The second-order valence-electron chi connectivity index (χ2n) is 4.94. The second kappa shape index (κ2) is 7.22. The highest BCUT2D eigenvalue weighted by molar-refractivity contribution is 7.89. The van der Waals surface area contributed by atoms with Gasteiger partial charge < -0.3 is 10.3 Å². The molecular formula is C14H21N3O2S2. The molecule has 1 atom stereocenters. The summed E-state index contributed by atoms with van der Waals surface area (Å²) < 4.78 is 27.4. The van der Waals surface area contributed by atoms with Crippen molar-refractivity contribution < 1.29 is 8.42 Å². The van der Waals surface area contributed by atoms with Crippen LogP contribution in [-0.2, 0) is 16.6 Å². The summed E-state index contributed by atoms with van der Waals surface area (Å²) in [5, 5.41) is 7.12. The second-order valence-corrected chi connectivity index (χ2v) is 7.43. The predicted octanol–water partition coefficient (Wildman–Crippen LogP) is 2.62. The third kappa shape index (κ3) is 4.41. The molecule has 0 bridgehead atoms. The molecule has 2 heterocycles. The Morgan fingerprint density at radius 2 is 2.24 bits per heavy atom. The van der Waals surface area contributed by atoms with Gasteiger partial charge in [0.1, 0.15) is 0 Å². The quantitative estimate of drug-likeness (QED) is 0.653. The third-order valence-electron chi connectivity index (χ3n) is 3.14. The minimum Gasteiger partial charge on any atom is -0.363 e. The van der Waals surface area contributed by atoms with E-state index in [9.17, 15) is 8.42 Å². The maximum absolute atomic E-state index is 12.3. The van der Waals surface area contributed by atoms with Crippen LogP contribution in [0.1, 0.15) is 37.6 Å². The number of hydrogen-bond acceptors (Lipinski definition) is 4. The number of hydrogen-bond donors (Lipinski definition) is 3. The van der Waals surface area contributed by atoms with Crippen molar-refractivity contribution in [3.05, 3.63) is 40.3 Å². The van der Waals surface area contributed by atoms with Gasteiger partial charge in [-0.2, -0.15) is 11.3 Å². The molecule has 0 aliphatic rings. The maximum Gasteiger partial charge on any atom is 0.242 e. The van der Waals surface area contributed by atoms with Crippen LogP contribution in [0.3, 0.4) is 0 Å². The molecule has 0 aromatic carbocycles. The maximum atomic E-state index is 12.3. The van der Waals surface area contributed by atoms with Crippen LogP contribution in [-0.4, -0.2) is 19.9 Å². The number of rotatable bonds is 8. The van der Waals surface area contributed by atoms with E-state index in [1.807, 2.05) is 23.8 Å². The largest absolute Gasteiger partial charge is 0.363 e. The number of nitrogens with one attached hydrogen (secondary N) is 3. The molecule has 0 aliphatic heterocycles. The van der Waals surface area contributed by atoms with Gasteiger partial charge in [-0.05, 0) is 48.3 Å². The SMILES string of the molecule is CCCNCc1cc(S(=O)(=O)NC(C)c2ccsc2)c[nH]1. The van der Waals surface area contributed by atoms with Crippen molar-refractivity contribution in [3.8, 4) is 0 Å². The molecular weight excluding hydrogens is 306 g/mol. The number of thiophene rings is 1. The van der Waals surface area contributed by atoms with E-state index in [0.29, 0.717) is 6.54 Å². The first-order chi connectivity index (χ1) is 10.0. The Morgan fingerprint density at radius 1 is 1.43 bits per heavy atom. The van der Waals surface area contributed by atoms with Crippen LogP contribution in [0.15, 0.2) is 34.0 Å². The lowest BCUT2D eigenvalue weighted by Crippen LogP contribution is -2.26. The topological polar surface area (TPSA) is 74.0 Å². The van der Waals surface area contributed by atoms with Crippen molar-refractivity contribution >= 4 is 21.4 Å².